The topological polar surface area (TPSA) is 68.0 Å². The highest BCUT2D eigenvalue weighted by atomic mass is 16.5. The number of nitrogens with two attached hydrogens (primary N) is 1. The third-order valence-electron chi connectivity index (χ3n) is 3.46. The highest BCUT2D eigenvalue weighted by Gasteiger charge is 2.26. The van der Waals surface area contributed by atoms with Crippen LogP contribution in [-0.2, 0) is 14.3 Å². The average Bonchev–Trinajstić information content (AvgIpc) is 2.47. The minimum absolute atomic E-state index is 0.125. The number of hydrogen-bond acceptors (Lipinski definition) is 5. The Hall–Kier alpha value is -0.690. The summed E-state index contributed by atoms with van der Waals surface area (Å²) < 4.78 is 10.4. The second-order valence-corrected chi connectivity index (χ2v) is 4.78. The van der Waals surface area contributed by atoms with Crippen LogP contribution in [0, 0.1) is 0 Å². The highest BCUT2D eigenvalue weighted by Crippen LogP contribution is 2.07. The van der Waals surface area contributed by atoms with Crippen LogP contribution in [0.4, 0.5) is 0 Å². The third-order valence-corrected chi connectivity index (χ3v) is 3.46. The first-order chi connectivity index (χ1) is 9.20. The fourth-order valence-electron chi connectivity index (χ4n) is 2.21. The van der Waals surface area contributed by atoms with E-state index in [4.69, 9.17) is 15.2 Å². The van der Waals surface area contributed by atoms with Gasteiger partial charge in [0.2, 0.25) is 5.91 Å². The number of morpholine rings is 1. The maximum absolute atomic E-state index is 12.4. The normalized spacial score (nSPS) is 17.8. The van der Waals surface area contributed by atoms with Gasteiger partial charge in [-0.3, -0.25) is 9.69 Å². The number of nitrogens with zero attached hydrogens (tertiary/aromatic N) is 2. The summed E-state index contributed by atoms with van der Waals surface area (Å²) in [6, 6.07) is -0.125. The number of hydrogen-bond donors (Lipinski definition) is 1. The van der Waals surface area contributed by atoms with E-state index in [0.29, 0.717) is 39.5 Å². The summed E-state index contributed by atoms with van der Waals surface area (Å²) in [4.78, 5) is 16.5. The van der Waals surface area contributed by atoms with Crippen LogP contribution in [0.1, 0.15) is 13.3 Å². The Balaban J connectivity index is 2.51. The van der Waals surface area contributed by atoms with Crippen molar-refractivity contribution in [3.8, 4) is 0 Å². The van der Waals surface area contributed by atoms with Gasteiger partial charge in [0.05, 0.1) is 25.9 Å². The van der Waals surface area contributed by atoms with Crippen molar-refractivity contribution in [3.63, 3.8) is 0 Å². The fourth-order valence-corrected chi connectivity index (χ4v) is 2.21. The van der Waals surface area contributed by atoms with Crippen LogP contribution in [-0.4, -0.2) is 81.4 Å². The summed E-state index contributed by atoms with van der Waals surface area (Å²) in [6.45, 7) is 7.48. The largest absolute Gasteiger partial charge is 0.383 e. The summed E-state index contributed by atoms with van der Waals surface area (Å²) in [5.74, 6) is 0.177. The zero-order chi connectivity index (χ0) is 14.1. The molecule has 0 aliphatic carbocycles. The third kappa shape index (κ3) is 5.44. The number of methoxy groups -OCH3 is 1. The van der Waals surface area contributed by atoms with Gasteiger partial charge in [-0.05, 0) is 19.9 Å². The van der Waals surface area contributed by atoms with Crippen molar-refractivity contribution in [3.05, 3.63) is 0 Å². The first-order valence-corrected chi connectivity index (χ1v) is 7.00. The number of carbonyl (C=O) groups is 1. The lowest BCUT2D eigenvalue weighted by molar-refractivity contribution is -0.140. The van der Waals surface area contributed by atoms with Gasteiger partial charge in [0.25, 0.3) is 0 Å². The lowest BCUT2D eigenvalue weighted by atomic mass is 10.2. The fraction of sp³-hybridized carbons (Fsp3) is 0.923. The summed E-state index contributed by atoms with van der Waals surface area (Å²) in [6.07, 6.45) is 0.893. The van der Waals surface area contributed by atoms with Crippen LogP contribution in [0.15, 0.2) is 0 Å². The molecule has 1 amide bonds. The second kappa shape index (κ2) is 9.25. The summed E-state index contributed by atoms with van der Waals surface area (Å²) in [7, 11) is 1.68. The van der Waals surface area contributed by atoms with Gasteiger partial charge in [-0.1, -0.05) is 0 Å². The number of carbonyl (C=O) groups excluding carboxylic acids is 1. The van der Waals surface area contributed by atoms with Crippen LogP contribution in [0.2, 0.25) is 0 Å². The van der Waals surface area contributed by atoms with Crippen LogP contribution >= 0.6 is 0 Å². The molecule has 0 aromatic carbocycles. The minimum atomic E-state index is -0.125. The Kier molecular flexibility index (Phi) is 7.97. The van der Waals surface area contributed by atoms with Gasteiger partial charge in [0.15, 0.2) is 0 Å². The van der Waals surface area contributed by atoms with Gasteiger partial charge in [-0.2, -0.15) is 0 Å². The molecule has 1 unspecified atom stereocenters. The van der Waals surface area contributed by atoms with E-state index in [1.54, 1.807) is 7.11 Å². The Morgan fingerprint density at radius 2 is 2.11 bits per heavy atom. The molecule has 1 aliphatic rings. The van der Waals surface area contributed by atoms with E-state index in [9.17, 15) is 4.79 Å². The molecule has 1 atom stereocenters. The lowest BCUT2D eigenvalue weighted by Crippen LogP contribution is -2.51. The van der Waals surface area contributed by atoms with Crippen LogP contribution in [0.3, 0.4) is 0 Å². The van der Waals surface area contributed by atoms with Crippen molar-refractivity contribution in [2.75, 3.05) is 59.7 Å². The Bertz CT molecular complexity index is 250. The molecular formula is C13H27N3O3. The van der Waals surface area contributed by atoms with Crippen molar-refractivity contribution in [2.24, 2.45) is 5.73 Å². The highest BCUT2D eigenvalue weighted by molar-refractivity contribution is 5.81. The molecule has 112 valence electrons. The van der Waals surface area contributed by atoms with E-state index in [1.165, 1.54) is 0 Å². The Morgan fingerprint density at radius 1 is 1.42 bits per heavy atom. The van der Waals surface area contributed by atoms with Crippen molar-refractivity contribution >= 4 is 5.91 Å². The first kappa shape index (κ1) is 16.4. The van der Waals surface area contributed by atoms with Gasteiger partial charge >= 0.3 is 0 Å². The molecule has 1 fully saturated rings. The molecule has 0 radical (unpaired) electrons. The van der Waals surface area contributed by atoms with E-state index in [0.717, 1.165) is 19.5 Å². The molecular weight excluding hydrogens is 246 g/mol. The Labute approximate surface area is 115 Å². The number of amides is 1. The van der Waals surface area contributed by atoms with E-state index in [2.05, 4.69) is 4.90 Å². The quantitative estimate of drug-likeness (QED) is 0.647. The second-order valence-electron chi connectivity index (χ2n) is 4.78. The van der Waals surface area contributed by atoms with Crippen molar-refractivity contribution in [1.29, 1.82) is 0 Å². The summed E-state index contributed by atoms with van der Waals surface area (Å²) in [5.41, 5.74) is 5.55. The van der Waals surface area contributed by atoms with Crippen molar-refractivity contribution in [2.45, 2.75) is 19.4 Å². The van der Waals surface area contributed by atoms with Gasteiger partial charge in [-0.25, -0.2) is 0 Å². The maximum atomic E-state index is 12.4. The van der Waals surface area contributed by atoms with Gasteiger partial charge in [0.1, 0.15) is 0 Å². The molecule has 1 saturated heterocycles. The van der Waals surface area contributed by atoms with Crippen molar-refractivity contribution < 1.29 is 14.3 Å². The van der Waals surface area contributed by atoms with E-state index in [1.807, 2.05) is 11.8 Å². The summed E-state index contributed by atoms with van der Waals surface area (Å²) in [5, 5.41) is 0. The predicted molar refractivity (Wildman–Crippen MR) is 74.0 cm³/mol. The molecule has 0 aromatic heterocycles. The molecule has 0 spiro atoms. The monoisotopic (exact) mass is 273 g/mol. The Morgan fingerprint density at radius 3 is 2.68 bits per heavy atom. The maximum Gasteiger partial charge on any atom is 0.239 e. The molecule has 1 heterocycles. The van der Waals surface area contributed by atoms with E-state index in [-0.39, 0.29) is 11.9 Å². The van der Waals surface area contributed by atoms with Crippen molar-refractivity contribution in [1.82, 2.24) is 9.80 Å². The molecule has 6 heteroatoms. The summed E-state index contributed by atoms with van der Waals surface area (Å²) >= 11 is 0. The SMILES string of the molecule is COCCN(CCCN)C(C)C(=O)N1CCOCC1. The van der Waals surface area contributed by atoms with E-state index >= 15 is 0 Å². The molecule has 1 aliphatic heterocycles. The molecule has 19 heavy (non-hydrogen) atoms. The number of rotatable bonds is 8. The molecule has 6 nitrogen and oxygen atoms in total. The van der Waals surface area contributed by atoms with Crippen LogP contribution < -0.4 is 5.73 Å². The zero-order valence-electron chi connectivity index (χ0n) is 12.1. The molecule has 0 saturated carbocycles. The minimum Gasteiger partial charge on any atom is -0.383 e. The van der Waals surface area contributed by atoms with Crippen LogP contribution in [0.25, 0.3) is 0 Å². The molecule has 1 rings (SSSR count). The first-order valence-electron chi connectivity index (χ1n) is 7.00. The zero-order valence-corrected chi connectivity index (χ0v) is 12.1. The van der Waals surface area contributed by atoms with Gasteiger partial charge < -0.3 is 20.1 Å². The standard InChI is InChI=1S/C13H27N3O3/c1-12(13(17)16-7-10-19-11-8-16)15(5-3-4-14)6-9-18-2/h12H,3-11,14H2,1-2H3. The average molecular weight is 273 g/mol. The van der Waals surface area contributed by atoms with Gasteiger partial charge in [-0.15, -0.1) is 0 Å². The van der Waals surface area contributed by atoms with Crippen LogP contribution in [0.5, 0.6) is 0 Å². The molecule has 2 N–H and O–H groups in total. The lowest BCUT2D eigenvalue weighted by Gasteiger charge is -2.34. The molecule has 0 aromatic rings. The number of ether oxygens (including phenoxy) is 2. The predicted octanol–water partition coefficient (Wildman–Crippen LogP) is -0.469. The van der Waals surface area contributed by atoms with Gasteiger partial charge in [0, 0.05) is 33.3 Å². The smallest absolute Gasteiger partial charge is 0.239 e. The molecule has 0 bridgehead atoms. The van der Waals surface area contributed by atoms with E-state index < -0.39 is 0 Å².